The molecule has 0 radical (unpaired) electrons. The van der Waals surface area contributed by atoms with Gasteiger partial charge in [0.05, 0.1) is 12.8 Å². The van der Waals surface area contributed by atoms with Gasteiger partial charge in [-0.3, -0.25) is 9.89 Å². The molecule has 1 aliphatic heterocycles. The summed E-state index contributed by atoms with van der Waals surface area (Å²) < 4.78 is 5.35. The number of para-hydroxylation sites is 1. The summed E-state index contributed by atoms with van der Waals surface area (Å²) in [6.45, 7) is 3.34. The Morgan fingerprint density at radius 1 is 1.33 bits per heavy atom. The summed E-state index contributed by atoms with van der Waals surface area (Å²) in [7, 11) is 1.63. The van der Waals surface area contributed by atoms with Gasteiger partial charge >= 0.3 is 0 Å². The molecule has 0 saturated carbocycles. The summed E-state index contributed by atoms with van der Waals surface area (Å²) in [6.07, 6.45) is 3.98. The highest BCUT2D eigenvalue weighted by atomic mass is 16.5. The van der Waals surface area contributed by atoms with Gasteiger partial charge in [0.1, 0.15) is 11.6 Å². The Hall–Kier alpha value is -2.34. The van der Waals surface area contributed by atoms with Crippen LogP contribution in [0, 0.1) is 0 Å². The summed E-state index contributed by atoms with van der Waals surface area (Å²) in [5.74, 6) is 1.39. The molecule has 3 rings (SSSR count). The largest absolute Gasteiger partial charge is 0.496 e. The minimum absolute atomic E-state index is 0.0180. The average molecular weight is 328 g/mol. The van der Waals surface area contributed by atoms with Crippen molar-refractivity contribution in [3.05, 3.63) is 30.3 Å². The lowest BCUT2D eigenvalue weighted by Gasteiger charge is -2.13. The third-order valence-corrected chi connectivity index (χ3v) is 4.31. The Labute approximate surface area is 142 Å². The highest BCUT2D eigenvalue weighted by Gasteiger charge is 2.13. The molecule has 0 unspecified atom stereocenters. The molecule has 1 aromatic heterocycles. The number of H-pyrrole nitrogens is 1. The minimum Gasteiger partial charge on any atom is -0.496 e. The molecule has 6 nitrogen and oxygen atoms in total. The molecule has 2 aromatic rings. The van der Waals surface area contributed by atoms with Crippen molar-refractivity contribution in [2.75, 3.05) is 32.1 Å². The molecule has 128 valence electrons. The van der Waals surface area contributed by atoms with Crippen molar-refractivity contribution in [1.29, 1.82) is 0 Å². The van der Waals surface area contributed by atoms with Crippen LogP contribution in [0.4, 0.5) is 5.82 Å². The molecule has 1 aromatic carbocycles. The predicted molar refractivity (Wildman–Crippen MR) is 94.1 cm³/mol. The molecule has 0 aliphatic carbocycles. The van der Waals surface area contributed by atoms with Crippen LogP contribution in [0.25, 0.3) is 11.3 Å². The van der Waals surface area contributed by atoms with E-state index < -0.39 is 0 Å². The first-order valence-corrected chi connectivity index (χ1v) is 8.47. The molecular formula is C18H24N4O2. The fraction of sp³-hybridized carbons (Fsp3) is 0.444. The zero-order chi connectivity index (χ0) is 16.8. The second kappa shape index (κ2) is 7.97. The van der Waals surface area contributed by atoms with Crippen LogP contribution >= 0.6 is 0 Å². The molecule has 6 heteroatoms. The van der Waals surface area contributed by atoms with E-state index in [4.69, 9.17) is 4.74 Å². The van der Waals surface area contributed by atoms with Crippen molar-refractivity contribution in [3.63, 3.8) is 0 Å². The SMILES string of the molecule is COc1ccccc1-c1cc(NC(=O)CCCN2CCCC2)[nH]n1. The van der Waals surface area contributed by atoms with E-state index in [0.29, 0.717) is 12.2 Å². The maximum atomic E-state index is 12.1. The summed E-state index contributed by atoms with van der Waals surface area (Å²) >= 11 is 0. The number of aromatic nitrogens is 2. The zero-order valence-corrected chi connectivity index (χ0v) is 14.0. The first kappa shape index (κ1) is 16.5. The highest BCUT2D eigenvalue weighted by Crippen LogP contribution is 2.29. The number of hydrogen-bond acceptors (Lipinski definition) is 4. The molecule has 2 N–H and O–H groups in total. The van der Waals surface area contributed by atoms with Gasteiger partial charge in [0.25, 0.3) is 0 Å². The van der Waals surface area contributed by atoms with E-state index >= 15 is 0 Å². The molecule has 0 spiro atoms. The summed E-state index contributed by atoms with van der Waals surface area (Å²) in [6, 6.07) is 9.51. The van der Waals surface area contributed by atoms with Gasteiger partial charge in [-0.05, 0) is 51.0 Å². The topological polar surface area (TPSA) is 70.2 Å². The van der Waals surface area contributed by atoms with Crippen molar-refractivity contribution in [2.45, 2.75) is 25.7 Å². The summed E-state index contributed by atoms with van der Waals surface area (Å²) in [5.41, 5.74) is 1.64. The van der Waals surface area contributed by atoms with Crippen LogP contribution in [-0.4, -0.2) is 47.7 Å². The number of carbonyl (C=O) groups excluding carboxylic acids is 1. The van der Waals surface area contributed by atoms with E-state index in [-0.39, 0.29) is 5.91 Å². The zero-order valence-electron chi connectivity index (χ0n) is 14.0. The lowest BCUT2D eigenvalue weighted by Crippen LogP contribution is -2.22. The minimum atomic E-state index is 0.0180. The lowest BCUT2D eigenvalue weighted by atomic mass is 10.1. The molecule has 0 bridgehead atoms. The smallest absolute Gasteiger partial charge is 0.225 e. The Kier molecular flexibility index (Phi) is 5.48. The second-order valence-electron chi connectivity index (χ2n) is 6.07. The van der Waals surface area contributed by atoms with Gasteiger partial charge < -0.3 is 15.0 Å². The van der Waals surface area contributed by atoms with E-state index in [0.717, 1.165) is 30.0 Å². The van der Waals surface area contributed by atoms with E-state index in [9.17, 15) is 4.79 Å². The van der Waals surface area contributed by atoms with Gasteiger partial charge in [-0.25, -0.2) is 0 Å². The van der Waals surface area contributed by atoms with E-state index in [1.165, 1.54) is 25.9 Å². The number of carbonyl (C=O) groups is 1. The first-order chi connectivity index (χ1) is 11.8. The number of likely N-dealkylation sites (tertiary alicyclic amines) is 1. The average Bonchev–Trinajstić information content (AvgIpc) is 3.27. The highest BCUT2D eigenvalue weighted by molar-refractivity contribution is 5.90. The van der Waals surface area contributed by atoms with E-state index in [2.05, 4.69) is 20.4 Å². The Morgan fingerprint density at radius 3 is 2.92 bits per heavy atom. The molecule has 2 heterocycles. The second-order valence-corrected chi connectivity index (χ2v) is 6.07. The van der Waals surface area contributed by atoms with E-state index in [1.807, 2.05) is 30.3 Å². The third-order valence-electron chi connectivity index (χ3n) is 4.31. The number of nitrogens with one attached hydrogen (secondary N) is 2. The standard InChI is InChI=1S/C18H24N4O2/c1-24-16-8-3-2-7-14(16)15-13-17(21-20-15)19-18(23)9-6-12-22-10-4-5-11-22/h2-3,7-8,13H,4-6,9-12H2,1H3,(H2,19,20,21,23). The number of ether oxygens (including phenoxy) is 1. The number of hydrogen-bond donors (Lipinski definition) is 2. The Bertz CT molecular complexity index is 677. The van der Waals surface area contributed by atoms with Gasteiger partial charge in [-0.2, -0.15) is 5.10 Å². The predicted octanol–water partition coefficient (Wildman–Crippen LogP) is 2.90. The molecule has 1 aliphatic rings. The first-order valence-electron chi connectivity index (χ1n) is 8.47. The Balaban J connectivity index is 1.52. The summed E-state index contributed by atoms with van der Waals surface area (Å²) in [4.78, 5) is 14.5. The van der Waals surface area contributed by atoms with Crippen LogP contribution < -0.4 is 10.1 Å². The molecular weight excluding hydrogens is 304 g/mol. The van der Waals surface area contributed by atoms with Gasteiger partial charge in [0, 0.05) is 18.1 Å². The van der Waals surface area contributed by atoms with Crippen LogP contribution in [0.2, 0.25) is 0 Å². The number of methoxy groups -OCH3 is 1. The number of rotatable bonds is 7. The van der Waals surface area contributed by atoms with Crippen LogP contribution in [0.15, 0.2) is 30.3 Å². The van der Waals surface area contributed by atoms with Gasteiger partial charge in [-0.15, -0.1) is 0 Å². The number of aromatic amines is 1. The molecule has 0 atom stereocenters. The summed E-state index contributed by atoms with van der Waals surface area (Å²) in [5, 5.41) is 10.0. The molecule has 1 amide bonds. The van der Waals surface area contributed by atoms with Gasteiger partial charge in [0.15, 0.2) is 0 Å². The molecule has 24 heavy (non-hydrogen) atoms. The fourth-order valence-electron chi connectivity index (χ4n) is 3.06. The normalized spacial score (nSPS) is 14.7. The number of benzene rings is 1. The molecule has 1 fully saturated rings. The maximum absolute atomic E-state index is 12.1. The van der Waals surface area contributed by atoms with Crippen LogP contribution in [0.1, 0.15) is 25.7 Å². The maximum Gasteiger partial charge on any atom is 0.225 e. The van der Waals surface area contributed by atoms with Crippen molar-refractivity contribution in [3.8, 4) is 17.0 Å². The van der Waals surface area contributed by atoms with Crippen molar-refractivity contribution < 1.29 is 9.53 Å². The van der Waals surface area contributed by atoms with Gasteiger partial charge in [0.2, 0.25) is 5.91 Å². The van der Waals surface area contributed by atoms with E-state index in [1.54, 1.807) is 7.11 Å². The number of nitrogens with zero attached hydrogens (tertiary/aromatic N) is 2. The van der Waals surface area contributed by atoms with Crippen LogP contribution in [-0.2, 0) is 4.79 Å². The van der Waals surface area contributed by atoms with Crippen molar-refractivity contribution in [2.24, 2.45) is 0 Å². The van der Waals surface area contributed by atoms with Crippen LogP contribution in [0.5, 0.6) is 5.75 Å². The van der Waals surface area contributed by atoms with Crippen molar-refractivity contribution in [1.82, 2.24) is 15.1 Å². The fourth-order valence-corrected chi connectivity index (χ4v) is 3.06. The van der Waals surface area contributed by atoms with Crippen LogP contribution in [0.3, 0.4) is 0 Å². The Morgan fingerprint density at radius 2 is 2.12 bits per heavy atom. The van der Waals surface area contributed by atoms with Gasteiger partial charge in [-0.1, -0.05) is 12.1 Å². The lowest BCUT2D eigenvalue weighted by molar-refractivity contribution is -0.116. The number of amides is 1. The third kappa shape index (κ3) is 4.14. The monoisotopic (exact) mass is 328 g/mol. The molecule has 1 saturated heterocycles. The van der Waals surface area contributed by atoms with Crippen molar-refractivity contribution >= 4 is 11.7 Å². The quantitative estimate of drug-likeness (QED) is 0.820. The number of anilines is 1.